The van der Waals surface area contributed by atoms with Crippen molar-refractivity contribution in [2.24, 2.45) is 10.2 Å². The second-order valence-electron chi connectivity index (χ2n) is 9.77. The minimum absolute atomic E-state index is 0.101. The van der Waals surface area contributed by atoms with Crippen molar-refractivity contribution in [3.05, 3.63) is 69.6 Å². The Hall–Kier alpha value is -3.80. The van der Waals surface area contributed by atoms with Crippen LogP contribution >= 0.6 is 11.6 Å². The zero-order chi connectivity index (χ0) is 37.8. The van der Waals surface area contributed by atoms with Crippen LogP contribution in [0.4, 0.5) is 77.2 Å². The summed E-state index contributed by atoms with van der Waals surface area (Å²) in [5, 5.41) is 10.3. The zero-order valence-electron chi connectivity index (χ0n) is 23.3. The second kappa shape index (κ2) is 12.5. The lowest BCUT2D eigenvalue weighted by Crippen LogP contribution is -2.73. The van der Waals surface area contributed by atoms with Gasteiger partial charge in [-0.05, 0) is 43.3 Å². The molecule has 0 saturated carbocycles. The Morgan fingerprint density at radius 3 is 1.73 bits per heavy atom. The van der Waals surface area contributed by atoms with Crippen LogP contribution in [0, 0.1) is 6.92 Å². The van der Waals surface area contributed by atoms with E-state index in [0.717, 1.165) is 16.8 Å². The molecule has 2 aromatic carbocycles. The summed E-state index contributed by atoms with van der Waals surface area (Å²) >= 11 is 5.95. The highest BCUT2D eigenvalue weighted by Gasteiger charge is 2.93. The van der Waals surface area contributed by atoms with Gasteiger partial charge in [-0.1, -0.05) is 23.7 Å². The Bertz CT molecular complexity index is 1890. The van der Waals surface area contributed by atoms with Crippen molar-refractivity contribution in [3.63, 3.8) is 0 Å². The first-order chi connectivity index (χ1) is 22.0. The summed E-state index contributed by atoms with van der Waals surface area (Å²) in [6.45, 7) is -1.94. The molecule has 0 aliphatic carbocycles. The predicted octanol–water partition coefficient (Wildman–Crippen LogP) is 8.20. The molecule has 0 bridgehead atoms. The van der Waals surface area contributed by atoms with Crippen LogP contribution in [0.15, 0.2) is 68.4 Å². The zero-order valence-corrected chi connectivity index (χ0v) is 24.9. The standard InChI is InChI=1S/C24H15ClF15N5O3S/c1-11-16(43-42-15-5-3-2-4-14(15)25)17(46)45(44-11)12-6-8-13(9-7-12)49(47,48)41-10-18(26,27)19(28,29)20(30,31)21(32,33)22(34,35)23(36,37)24(38,39)40/h2-9,41,44H,10H2,1H3. The Labute approximate surface area is 267 Å². The molecule has 3 aromatic rings. The summed E-state index contributed by atoms with van der Waals surface area (Å²) in [4.78, 5) is 11.7. The highest BCUT2D eigenvalue weighted by atomic mass is 35.5. The molecule has 25 heteroatoms. The van der Waals surface area contributed by atoms with Gasteiger partial charge in [0.1, 0.15) is 5.69 Å². The van der Waals surface area contributed by atoms with Gasteiger partial charge in [0, 0.05) is 0 Å². The van der Waals surface area contributed by atoms with Gasteiger partial charge >= 0.3 is 41.7 Å². The average molecular weight is 774 g/mol. The normalized spacial score (nSPS) is 14.6. The van der Waals surface area contributed by atoms with Crippen molar-refractivity contribution in [2.75, 3.05) is 6.54 Å². The largest absolute Gasteiger partial charge is 0.460 e. The van der Waals surface area contributed by atoms with Gasteiger partial charge in [-0.15, -0.1) is 10.2 Å². The van der Waals surface area contributed by atoms with Gasteiger partial charge in [-0.25, -0.2) is 17.8 Å². The number of hydrogen-bond acceptors (Lipinski definition) is 5. The molecule has 0 spiro atoms. The van der Waals surface area contributed by atoms with E-state index < -0.39 is 68.7 Å². The first-order valence-electron chi connectivity index (χ1n) is 12.4. The third-order valence-electron chi connectivity index (χ3n) is 6.43. The monoisotopic (exact) mass is 773 g/mol. The Kier molecular flexibility index (Phi) is 10.1. The third-order valence-corrected chi connectivity index (χ3v) is 8.17. The quantitative estimate of drug-likeness (QED) is 0.143. The van der Waals surface area contributed by atoms with Crippen molar-refractivity contribution in [1.82, 2.24) is 14.5 Å². The number of nitrogens with zero attached hydrogens (tertiary/aromatic N) is 3. The van der Waals surface area contributed by atoms with Crippen molar-refractivity contribution < 1.29 is 74.3 Å². The molecule has 0 aliphatic rings. The summed E-state index contributed by atoms with van der Waals surface area (Å²) in [6.07, 6.45) is -7.75. The maximum atomic E-state index is 14.1. The highest BCUT2D eigenvalue weighted by Crippen LogP contribution is 2.62. The van der Waals surface area contributed by atoms with Gasteiger partial charge in [0.25, 0.3) is 5.56 Å². The molecule has 0 amide bonds. The number of benzene rings is 2. The van der Waals surface area contributed by atoms with E-state index in [9.17, 15) is 79.1 Å². The van der Waals surface area contributed by atoms with Gasteiger partial charge in [0.15, 0.2) is 5.69 Å². The van der Waals surface area contributed by atoms with Gasteiger partial charge in [0.2, 0.25) is 10.0 Å². The highest BCUT2D eigenvalue weighted by molar-refractivity contribution is 7.89. The number of rotatable bonds is 12. The molecule has 0 radical (unpaired) electrons. The van der Waals surface area contributed by atoms with Gasteiger partial charge in [-0.2, -0.15) is 65.9 Å². The molecule has 49 heavy (non-hydrogen) atoms. The SMILES string of the molecule is Cc1[nH]n(-c2ccc(S(=O)(=O)NCC(F)(F)C(F)(F)C(F)(F)C(F)(F)C(F)(F)C(F)(F)C(F)(F)F)cc2)c(=O)c1N=Nc1ccccc1Cl. The van der Waals surface area contributed by atoms with Crippen LogP contribution in [0.25, 0.3) is 5.69 Å². The minimum atomic E-state index is -8.51. The third kappa shape index (κ3) is 6.60. The number of H-pyrrole nitrogens is 1. The molecule has 0 aliphatic heterocycles. The number of halogens is 16. The lowest BCUT2D eigenvalue weighted by atomic mass is 9.91. The number of nitrogens with one attached hydrogen (secondary N) is 2. The lowest BCUT2D eigenvalue weighted by molar-refractivity contribution is -0.451. The maximum absolute atomic E-state index is 14.1. The summed E-state index contributed by atoms with van der Waals surface area (Å²) in [6, 6.07) is 8.69. The molecule has 2 N–H and O–H groups in total. The van der Waals surface area contributed by atoms with E-state index in [-0.39, 0.29) is 27.8 Å². The molecule has 272 valence electrons. The van der Waals surface area contributed by atoms with Crippen LogP contribution in [0.5, 0.6) is 0 Å². The fraction of sp³-hybridized carbons (Fsp3) is 0.375. The van der Waals surface area contributed by atoms with E-state index in [2.05, 4.69) is 15.3 Å². The van der Waals surface area contributed by atoms with Crippen LogP contribution in [0.2, 0.25) is 5.02 Å². The predicted molar refractivity (Wildman–Crippen MR) is 138 cm³/mol. The molecule has 8 nitrogen and oxygen atoms in total. The van der Waals surface area contributed by atoms with E-state index in [4.69, 9.17) is 11.6 Å². The molecular weight excluding hydrogens is 759 g/mol. The van der Waals surface area contributed by atoms with Crippen LogP contribution in [0.3, 0.4) is 0 Å². The van der Waals surface area contributed by atoms with Gasteiger partial charge in [0.05, 0.1) is 27.8 Å². The van der Waals surface area contributed by atoms with Crippen molar-refractivity contribution in [3.8, 4) is 5.69 Å². The van der Waals surface area contributed by atoms with E-state index in [1.165, 1.54) is 19.1 Å². The summed E-state index contributed by atoms with van der Waals surface area (Å²) in [7, 11) is -5.52. The van der Waals surface area contributed by atoms with Gasteiger partial charge in [-0.3, -0.25) is 9.89 Å². The molecular formula is C24H15ClF15N5O3S. The smallest absolute Gasteiger partial charge is 0.293 e. The number of aryl methyl sites for hydroxylation is 1. The van der Waals surface area contributed by atoms with Crippen LogP contribution in [-0.2, 0) is 10.0 Å². The summed E-state index contributed by atoms with van der Waals surface area (Å²) in [5.74, 6) is -48.2. The number of alkyl halides is 15. The lowest BCUT2D eigenvalue weighted by Gasteiger charge is -2.41. The number of aromatic nitrogens is 2. The molecule has 0 saturated heterocycles. The fourth-order valence-corrected chi connectivity index (χ4v) is 4.83. The Morgan fingerprint density at radius 2 is 1.22 bits per heavy atom. The number of aromatic amines is 1. The van der Waals surface area contributed by atoms with E-state index >= 15 is 0 Å². The maximum Gasteiger partial charge on any atom is 0.460 e. The molecule has 3 rings (SSSR count). The first-order valence-corrected chi connectivity index (χ1v) is 14.3. The van der Waals surface area contributed by atoms with Crippen LogP contribution in [0.1, 0.15) is 5.69 Å². The topological polar surface area (TPSA) is 109 Å². The number of sulfonamides is 1. The van der Waals surface area contributed by atoms with E-state index in [0.29, 0.717) is 16.9 Å². The molecule has 0 atom stereocenters. The Morgan fingerprint density at radius 1 is 0.735 bits per heavy atom. The van der Waals surface area contributed by atoms with E-state index in [1.54, 1.807) is 12.1 Å². The molecule has 0 fully saturated rings. The minimum Gasteiger partial charge on any atom is -0.293 e. The van der Waals surface area contributed by atoms with Crippen LogP contribution in [-0.4, -0.2) is 66.5 Å². The summed E-state index contributed by atoms with van der Waals surface area (Å²) in [5.41, 5.74) is -1.09. The average Bonchev–Trinajstić information content (AvgIpc) is 3.27. The summed E-state index contributed by atoms with van der Waals surface area (Å²) < 4.78 is 227. The number of azo groups is 1. The van der Waals surface area contributed by atoms with Crippen LogP contribution < -0.4 is 10.3 Å². The molecule has 1 heterocycles. The molecule has 0 unspecified atom stereocenters. The molecule has 1 aromatic heterocycles. The van der Waals surface area contributed by atoms with Crippen molar-refractivity contribution in [1.29, 1.82) is 0 Å². The van der Waals surface area contributed by atoms with Crippen molar-refractivity contribution >= 4 is 33.0 Å². The van der Waals surface area contributed by atoms with E-state index in [1.807, 2.05) is 0 Å². The fourth-order valence-electron chi connectivity index (χ4n) is 3.63. The van der Waals surface area contributed by atoms with Gasteiger partial charge < -0.3 is 0 Å². The number of hydrogen-bond donors (Lipinski definition) is 2. The second-order valence-corrected chi connectivity index (χ2v) is 11.9. The first kappa shape index (κ1) is 39.6. The van der Waals surface area contributed by atoms with Crippen molar-refractivity contribution in [2.45, 2.75) is 53.5 Å². The Balaban J connectivity index is 1.85.